The highest BCUT2D eigenvalue weighted by molar-refractivity contribution is 7.89. The van der Waals surface area contributed by atoms with Gasteiger partial charge in [0.2, 0.25) is 0 Å². The van der Waals surface area contributed by atoms with E-state index in [1.165, 1.54) is 5.01 Å². The minimum absolute atomic E-state index is 0.277. The molecule has 6 heteroatoms. The van der Waals surface area contributed by atoms with Gasteiger partial charge in [0, 0.05) is 14.1 Å². The van der Waals surface area contributed by atoms with E-state index in [-0.39, 0.29) is 4.90 Å². The summed E-state index contributed by atoms with van der Waals surface area (Å²) in [5.41, 5.74) is 1.11. The van der Waals surface area contributed by atoms with Crippen molar-refractivity contribution < 1.29 is 8.42 Å². The number of likely N-dealkylation sites (N-methyl/N-ethyl adjacent to an activating group) is 1. The summed E-state index contributed by atoms with van der Waals surface area (Å²) in [5, 5.41) is 4.46. The first-order valence-corrected chi connectivity index (χ1v) is 6.87. The minimum Gasteiger partial charge on any atom is -0.319 e. The summed E-state index contributed by atoms with van der Waals surface area (Å²) in [7, 11) is 1.73. The van der Waals surface area contributed by atoms with Gasteiger partial charge in [0.1, 0.15) is 0 Å². The van der Waals surface area contributed by atoms with Gasteiger partial charge in [0.15, 0.2) is 0 Å². The average molecular weight is 257 g/mol. The Morgan fingerprint density at radius 3 is 2.24 bits per heavy atom. The largest absolute Gasteiger partial charge is 0.319 e. The first-order chi connectivity index (χ1) is 7.95. The number of rotatable bonds is 6. The molecule has 0 fully saturated rings. The van der Waals surface area contributed by atoms with Crippen molar-refractivity contribution in [1.29, 1.82) is 0 Å². The molecule has 1 rings (SSSR count). The fraction of sp³-hybridized carbons (Fsp3) is 0.455. The van der Waals surface area contributed by atoms with Crippen LogP contribution in [0, 0.1) is 0 Å². The molecular formula is C11H19N3O2S. The number of sulfonamides is 1. The maximum atomic E-state index is 11.8. The van der Waals surface area contributed by atoms with E-state index in [9.17, 15) is 8.42 Å². The van der Waals surface area contributed by atoms with Crippen LogP contribution in [0.5, 0.6) is 0 Å². The zero-order chi connectivity index (χ0) is 12.9. The number of hydrogen-bond donors (Lipinski definition) is 2. The third kappa shape index (κ3) is 4.43. The van der Waals surface area contributed by atoms with E-state index >= 15 is 0 Å². The second-order valence-electron chi connectivity index (χ2n) is 3.99. The van der Waals surface area contributed by atoms with E-state index in [0.29, 0.717) is 0 Å². The first kappa shape index (κ1) is 14.1. The summed E-state index contributed by atoms with van der Waals surface area (Å²) in [5.74, 6) is 0. The van der Waals surface area contributed by atoms with E-state index in [4.69, 9.17) is 0 Å². The predicted molar refractivity (Wildman–Crippen MR) is 68.1 cm³/mol. The Balaban J connectivity index is 2.80. The van der Waals surface area contributed by atoms with E-state index in [1.807, 2.05) is 19.2 Å². The van der Waals surface area contributed by atoms with Gasteiger partial charge in [-0.25, -0.2) is 13.4 Å². The SMILES string of the molecule is CNCCc1ccc(S(=O)(=O)NN(C)C)cc1. The zero-order valence-corrected chi connectivity index (χ0v) is 11.2. The van der Waals surface area contributed by atoms with Crippen LogP contribution >= 0.6 is 0 Å². The molecule has 0 aliphatic carbocycles. The Morgan fingerprint density at radius 1 is 1.18 bits per heavy atom. The number of benzene rings is 1. The summed E-state index contributed by atoms with van der Waals surface area (Å²) in [6, 6.07) is 6.91. The van der Waals surface area contributed by atoms with Crippen molar-refractivity contribution in [2.24, 2.45) is 0 Å². The molecule has 0 aliphatic heterocycles. The van der Waals surface area contributed by atoms with Crippen molar-refractivity contribution in [3.63, 3.8) is 0 Å². The molecule has 0 amide bonds. The predicted octanol–water partition coefficient (Wildman–Crippen LogP) is 0.203. The van der Waals surface area contributed by atoms with Gasteiger partial charge in [-0.3, -0.25) is 0 Å². The molecular weight excluding hydrogens is 238 g/mol. The van der Waals surface area contributed by atoms with Crippen LogP contribution in [0.1, 0.15) is 5.56 Å². The van der Waals surface area contributed by atoms with Crippen LogP contribution in [0.15, 0.2) is 29.2 Å². The van der Waals surface area contributed by atoms with Crippen LogP contribution < -0.4 is 10.1 Å². The summed E-state index contributed by atoms with van der Waals surface area (Å²) in [6.07, 6.45) is 0.887. The Bertz CT molecular complexity index is 440. The molecule has 2 N–H and O–H groups in total. The third-order valence-corrected chi connectivity index (χ3v) is 3.70. The Kier molecular flexibility index (Phi) is 5.07. The van der Waals surface area contributed by atoms with Crippen LogP contribution in [0.25, 0.3) is 0 Å². The van der Waals surface area contributed by atoms with Crippen LogP contribution in [-0.2, 0) is 16.4 Å². The summed E-state index contributed by atoms with van der Waals surface area (Å²) in [6.45, 7) is 0.877. The minimum atomic E-state index is -3.44. The van der Waals surface area contributed by atoms with Gasteiger partial charge >= 0.3 is 0 Å². The molecule has 0 saturated heterocycles. The molecule has 5 nitrogen and oxygen atoms in total. The summed E-state index contributed by atoms with van der Waals surface area (Å²) < 4.78 is 23.6. The maximum Gasteiger partial charge on any atom is 0.253 e. The van der Waals surface area contributed by atoms with Gasteiger partial charge in [0.05, 0.1) is 4.90 Å². The van der Waals surface area contributed by atoms with Crippen molar-refractivity contribution in [1.82, 2.24) is 15.2 Å². The highest BCUT2D eigenvalue weighted by Gasteiger charge is 2.13. The molecule has 1 aromatic carbocycles. The van der Waals surface area contributed by atoms with Crippen LogP contribution in [0.3, 0.4) is 0 Å². The van der Waals surface area contributed by atoms with E-state index in [2.05, 4.69) is 10.1 Å². The second-order valence-corrected chi connectivity index (χ2v) is 5.65. The number of hydrogen-bond acceptors (Lipinski definition) is 4. The average Bonchev–Trinajstić information content (AvgIpc) is 2.25. The lowest BCUT2D eigenvalue weighted by Gasteiger charge is -2.12. The molecule has 0 radical (unpaired) electrons. The van der Waals surface area contributed by atoms with Gasteiger partial charge in [-0.1, -0.05) is 12.1 Å². The fourth-order valence-electron chi connectivity index (χ4n) is 1.40. The van der Waals surface area contributed by atoms with Gasteiger partial charge in [0.25, 0.3) is 10.0 Å². The molecule has 0 heterocycles. The maximum absolute atomic E-state index is 11.8. The lowest BCUT2D eigenvalue weighted by molar-refractivity contribution is 0.364. The normalized spacial score (nSPS) is 12.0. The lowest BCUT2D eigenvalue weighted by Crippen LogP contribution is -2.36. The van der Waals surface area contributed by atoms with Crippen LogP contribution in [0.4, 0.5) is 0 Å². The smallest absolute Gasteiger partial charge is 0.253 e. The molecule has 17 heavy (non-hydrogen) atoms. The monoisotopic (exact) mass is 257 g/mol. The van der Waals surface area contributed by atoms with E-state index in [0.717, 1.165) is 18.5 Å². The quantitative estimate of drug-likeness (QED) is 0.715. The highest BCUT2D eigenvalue weighted by atomic mass is 32.2. The lowest BCUT2D eigenvalue weighted by atomic mass is 10.1. The van der Waals surface area contributed by atoms with Crippen molar-refractivity contribution >= 4 is 10.0 Å². The highest BCUT2D eigenvalue weighted by Crippen LogP contribution is 2.10. The molecule has 0 aliphatic rings. The van der Waals surface area contributed by atoms with Crippen molar-refractivity contribution in [3.8, 4) is 0 Å². The molecule has 96 valence electrons. The number of nitrogens with zero attached hydrogens (tertiary/aromatic N) is 1. The molecule has 0 saturated carbocycles. The number of hydrazine groups is 1. The first-order valence-electron chi connectivity index (χ1n) is 5.39. The van der Waals surface area contributed by atoms with Gasteiger partial charge in [-0.05, 0) is 37.7 Å². The van der Waals surface area contributed by atoms with Gasteiger partial charge in [-0.2, -0.15) is 0 Å². The van der Waals surface area contributed by atoms with Gasteiger partial charge in [-0.15, -0.1) is 4.83 Å². The standard InChI is InChI=1S/C11H19N3O2S/c1-12-9-8-10-4-6-11(7-5-10)17(15,16)13-14(2)3/h4-7,12-13H,8-9H2,1-3H3. The van der Waals surface area contributed by atoms with Crippen LogP contribution in [0.2, 0.25) is 0 Å². The Hall–Kier alpha value is -0.950. The zero-order valence-electron chi connectivity index (χ0n) is 10.4. The summed E-state index contributed by atoms with van der Waals surface area (Å²) in [4.78, 5) is 2.67. The van der Waals surface area contributed by atoms with Crippen molar-refractivity contribution in [3.05, 3.63) is 29.8 Å². The van der Waals surface area contributed by atoms with Crippen molar-refractivity contribution in [2.75, 3.05) is 27.7 Å². The molecule has 0 atom stereocenters. The molecule has 0 spiro atoms. The molecule has 0 unspecified atom stereocenters. The second kappa shape index (κ2) is 6.11. The third-order valence-electron chi connectivity index (χ3n) is 2.20. The Labute approximate surface area is 103 Å². The summed E-state index contributed by atoms with van der Waals surface area (Å²) >= 11 is 0. The number of nitrogens with one attached hydrogen (secondary N) is 2. The molecule has 0 aromatic heterocycles. The molecule has 1 aromatic rings. The van der Waals surface area contributed by atoms with Crippen LogP contribution in [-0.4, -0.2) is 41.1 Å². The van der Waals surface area contributed by atoms with E-state index in [1.54, 1.807) is 26.2 Å². The fourth-order valence-corrected chi connectivity index (χ4v) is 2.48. The van der Waals surface area contributed by atoms with Gasteiger partial charge < -0.3 is 5.32 Å². The topological polar surface area (TPSA) is 61.4 Å². The Morgan fingerprint density at radius 2 is 1.76 bits per heavy atom. The van der Waals surface area contributed by atoms with Crippen molar-refractivity contribution in [2.45, 2.75) is 11.3 Å². The van der Waals surface area contributed by atoms with E-state index < -0.39 is 10.0 Å². The molecule has 0 bridgehead atoms.